The molecule has 0 aliphatic rings. The zero-order valence-electron chi connectivity index (χ0n) is 37.3. The number of aliphatic hydroxyl groups excluding tert-OH is 4. The van der Waals surface area contributed by atoms with Crippen molar-refractivity contribution in [2.45, 2.75) is 6.10 Å². The first-order chi connectivity index (χ1) is 33.5. The molecule has 0 aromatic heterocycles. The normalized spacial score (nSPS) is 11.9. The minimum absolute atomic E-state index is 0.0606. The van der Waals surface area contributed by atoms with Crippen LogP contribution in [-0.2, 0) is 0 Å². The topological polar surface area (TPSA) is 118 Å². The average molecular weight is 899 g/mol. The van der Waals surface area contributed by atoms with Crippen LogP contribution in [0.25, 0.3) is 87.6 Å². The number of hydrogen-bond donors (Lipinski definition) is 4. The summed E-state index contributed by atoms with van der Waals surface area (Å²) in [6, 6.07) is 63.1. The average Bonchev–Trinajstić information content (AvgIpc) is 3.40. The largest absolute Gasteiger partial charge is 0.491 e. The van der Waals surface area contributed by atoms with E-state index in [2.05, 4.69) is 72.8 Å². The highest BCUT2D eigenvalue weighted by Crippen LogP contribution is 2.48. The molecule has 0 fully saturated rings. The molecule has 1 unspecified atom stereocenters. The van der Waals surface area contributed by atoms with Crippen molar-refractivity contribution in [2.75, 3.05) is 46.2 Å². The smallest absolute Gasteiger partial charge is 0.128 e. The maximum absolute atomic E-state index is 12.0. The predicted octanol–water partition coefficient (Wildman–Crippen LogP) is 12.2. The Morgan fingerprint density at radius 3 is 1.18 bits per heavy atom. The van der Waals surface area contributed by atoms with Crippen molar-refractivity contribution < 1.29 is 39.4 Å². The summed E-state index contributed by atoms with van der Waals surface area (Å²) in [6.07, 6.45) is -1.02. The zero-order valence-corrected chi connectivity index (χ0v) is 37.3. The molecule has 0 amide bonds. The van der Waals surface area contributed by atoms with E-state index in [0.717, 1.165) is 87.6 Å². The van der Waals surface area contributed by atoms with Gasteiger partial charge in [-0.1, -0.05) is 146 Å². The summed E-state index contributed by atoms with van der Waals surface area (Å²) in [4.78, 5) is 0. The molecule has 0 aliphatic carbocycles. The SMILES string of the molecule is OCCOc1ccc2ccccc2c1-c1c(OCCO)ccc2cc(C(O)COc3ccc4cc(-c5ccccc5)ccc4c3-c3c(OCCO)ccc4cc(-c5ccccc5)ccc34)ccc12. The fraction of sp³-hybridized carbons (Fsp3) is 0.133. The van der Waals surface area contributed by atoms with E-state index < -0.39 is 6.10 Å². The summed E-state index contributed by atoms with van der Waals surface area (Å²) in [5, 5.41) is 49.0. The van der Waals surface area contributed by atoms with Crippen molar-refractivity contribution in [2.24, 2.45) is 0 Å². The van der Waals surface area contributed by atoms with Gasteiger partial charge in [0.15, 0.2) is 0 Å². The van der Waals surface area contributed by atoms with Gasteiger partial charge in [-0.25, -0.2) is 0 Å². The predicted molar refractivity (Wildman–Crippen MR) is 273 cm³/mol. The van der Waals surface area contributed by atoms with Gasteiger partial charge in [0.1, 0.15) is 55.5 Å². The summed E-state index contributed by atoms with van der Waals surface area (Å²) in [5.41, 5.74) is 8.26. The summed E-state index contributed by atoms with van der Waals surface area (Å²) in [7, 11) is 0. The van der Waals surface area contributed by atoms with Gasteiger partial charge in [-0.3, -0.25) is 0 Å². The first kappa shape index (κ1) is 44.1. The van der Waals surface area contributed by atoms with Crippen molar-refractivity contribution in [1.29, 1.82) is 0 Å². The van der Waals surface area contributed by atoms with Gasteiger partial charge in [-0.05, 0) is 113 Å². The third kappa shape index (κ3) is 8.82. The Hall–Kier alpha value is -7.72. The second-order valence-electron chi connectivity index (χ2n) is 16.6. The Morgan fingerprint density at radius 2 is 0.706 bits per heavy atom. The lowest BCUT2D eigenvalue weighted by Gasteiger charge is -2.22. The van der Waals surface area contributed by atoms with Crippen LogP contribution in [0.1, 0.15) is 11.7 Å². The molecule has 10 aromatic carbocycles. The molecule has 1 atom stereocenters. The first-order valence-electron chi connectivity index (χ1n) is 22.9. The number of benzene rings is 10. The summed E-state index contributed by atoms with van der Waals surface area (Å²) in [5.74, 6) is 2.33. The number of aliphatic hydroxyl groups is 4. The van der Waals surface area contributed by atoms with Crippen molar-refractivity contribution in [1.82, 2.24) is 0 Å². The van der Waals surface area contributed by atoms with Gasteiger partial charge in [0.05, 0.1) is 19.8 Å². The molecule has 0 bridgehead atoms. The Bertz CT molecular complexity index is 3390. The molecule has 8 nitrogen and oxygen atoms in total. The van der Waals surface area contributed by atoms with E-state index in [1.807, 2.05) is 115 Å². The minimum Gasteiger partial charge on any atom is -0.491 e. The third-order valence-corrected chi connectivity index (χ3v) is 12.4. The van der Waals surface area contributed by atoms with Crippen molar-refractivity contribution in [3.05, 3.63) is 194 Å². The molecule has 8 heteroatoms. The molecule has 10 rings (SSSR count). The molecule has 68 heavy (non-hydrogen) atoms. The van der Waals surface area contributed by atoms with Gasteiger partial charge in [0.25, 0.3) is 0 Å². The quantitative estimate of drug-likeness (QED) is 0.0714. The summed E-state index contributed by atoms with van der Waals surface area (Å²) >= 11 is 0. The number of fused-ring (bicyclic) bond motifs is 4. The molecule has 0 heterocycles. The Labute approximate surface area is 394 Å². The second kappa shape index (κ2) is 20.0. The highest BCUT2D eigenvalue weighted by atomic mass is 16.5. The molecule has 0 radical (unpaired) electrons. The van der Waals surface area contributed by atoms with E-state index in [1.54, 1.807) is 0 Å². The van der Waals surface area contributed by atoms with Crippen LogP contribution >= 0.6 is 0 Å². The monoisotopic (exact) mass is 898 g/mol. The van der Waals surface area contributed by atoms with Crippen LogP contribution in [0.5, 0.6) is 23.0 Å². The maximum atomic E-state index is 12.0. The van der Waals surface area contributed by atoms with E-state index in [9.17, 15) is 20.4 Å². The van der Waals surface area contributed by atoms with Gasteiger partial charge in [0, 0.05) is 22.3 Å². The molecule has 0 aliphatic heterocycles. The van der Waals surface area contributed by atoms with Crippen molar-refractivity contribution in [3.8, 4) is 67.5 Å². The van der Waals surface area contributed by atoms with Crippen LogP contribution in [0.2, 0.25) is 0 Å². The highest BCUT2D eigenvalue weighted by Gasteiger charge is 2.23. The molecule has 0 saturated carbocycles. The Balaban J connectivity index is 1.07. The van der Waals surface area contributed by atoms with Crippen LogP contribution in [0.4, 0.5) is 0 Å². The number of ether oxygens (including phenoxy) is 4. The molecule has 338 valence electrons. The van der Waals surface area contributed by atoms with Crippen LogP contribution in [-0.4, -0.2) is 66.7 Å². The van der Waals surface area contributed by atoms with Crippen molar-refractivity contribution >= 4 is 43.1 Å². The highest BCUT2D eigenvalue weighted by molar-refractivity contribution is 6.12. The Kier molecular flexibility index (Phi) is 13.0. The van der Waals surface area contributed by atoms with Gasteiger partial charge in [-0.2, -0.15) is 0 Å². The lowest BCUT2D eigenvalue weighted by atomic mass is 9.90. The molecule has 0 saturated heterocycles. The van der Waals surface area contributed by atoms with E-state index in [1.165, 1.54) is 0 Å². The minimum atomic E-state index is -1.02. The van der Waals surface area contributed by atoms with E-state index in [4.69, 9.17) is 18.9 Å². The van der Waals surface area contributed by atoms with E-state index in [-0.39, 0.29) is 46.2 Å². The molecule has 4 N–H and O–H groups in total. The standard InChI is InChI=1S/C60H50O8/c61-29-32-65-53-25-18-41-13-7-8-14-48(41)57(53)58-51-24-17-47(37-46(51)20-27-54(58)66-33-30-62)52(64)38-68-56-28-21-45-36-43(40-11-5-2-6-12-40)16-23-50(45)60(56)59-49-22-15-42(39-9-3-1-4-10-39)35-44(49)19-26-55(59)67-34-31-63/h1-28,35-37,52,61-64H,29-34,38H2. The van der Waals surface area contributed by atoms with Crippen LogP contribution in [0, 0.1) is 0 Å². The first-order valence-corrected chi connectivity index (χ1v) is 22.9. The molecule has 0 spiro atoms. The summed E-state index contributed by atoms with van der Waals surface area (Å²) < 4.78 is 25.4. The van der Waals surface area contributed by atoms with Gasteiger partial charge in [-0.15, -0.1) is 0 Å². The van der Waals surface area contributed by atoms with Crippen LogP contribution in [0.3, 0.4) is 0 Å². The fourth-order valence-corrected chi connectivity index (χ4v) is 9.27. The fourth-order valence-electron chi connectivity index (χ4n) is 9.27. The van der Waals surface area contributed by atoms with Crippen LogP contribution < -0.4 is 18.9 Å². The van der Waals surface area contributed by atoms with Gasteiger partial charge in [0.2, 0.25) is 0 Å². The molecular formula is C60H50O8. The van der Waals surface area contributed by atoms with Gasteiger partial charge < -0.3 is 39.4 Å². The van der Waals surface area contributed by atoms with E-state index >= 15 is 0 Å². The molecular weight excluding hydrogens is 849 g/mol. The lowest BCUT2D eigenvalue weighted by Crippen LogP contribution is -2.11. The number of hydrogen-bond acceptors (Lipinski definition) is 8. The maximum Gasteiger partial charge on any atom is 0.128 e. The lowest BCUT2D eigenvalue weighted by molar-refractivity contribution is 0.108. The zero-order chi connectivity index (χ0) is 46.4. The second-order valence-corrected chi connectivity index (χ2v) is 16.6. The summed E-state index contributed by atoms with van der Waals surface area (Å²) in [6.45, 7) is -0.209. The van der Waals surface area contributed by atoms with Gasteiger partial charge >= 0.3 is 0 Å². The Morgan fingerprint density at radius 1 is 0.324 bits per heavy atom. The number of rotatable bonds is 17. The van der Waals surface area contributed by atoms with Crippen molar-refractivity contribution in [3.63, 3.8) is 0 Å². The van der Waals surface area contributed by atoms with E-state index in [0.29, 0.717) is 28.6 Å². The third-order valence-electron chi connectivity index (χ3n) is 12.4. The van der Waals surface area contributed by atoms with Crippen LogP contribution in [0.15, 0.2) is 188 Å². The molecule has 10 aromatic rings.